The molecule has 1 aromatic rings. The van der Waals surface area contributed by atoms with Crippen molar-refractivity contribution in [3.63, 3.8) is 0 Å². The van der Waals surface area contributed by atoms with E-state index in [1.54, 1.807) is 36.1 Å². The Kier molecular flexibility index (Phi) is 7.23. The van der Waals surface area contributed by atoms with E-state index in [0.29, 0.717) is 24.3 Å². The standard InChI is InChI=1S/C17H25N3O4/c1-5-20(6-2)15(21)13-7-9-14(10-8-13)18-17(24)19(4)11-12(3)16(22)23/h7-10,12H,5-6,11H2,1-4H3,(H,18,24)(H,22,23). The summed E-state index contributed by atoms with van der Waals surface area (Å²) in [5.74, 6) is -1.64. The summed E-state index contributed by atoms with van der Waals surface area (Å²) in [5.41, 5.74) is 1.11. The van der Waals surface area contributed by atoms with Crippen molar-refractivity contribution >= 4 is 23.6 Å². The van der Waals surface area contributed by atoms with Gasteiger partial charge in [-0.05, 0) is 38.1 Å². The van der Waals surface area contributed by atoms with Crippen LogP contribution in [0.4, 0.5) is 10.5 Å². The molecule has 0 fully saturated rings. The number of aliphatic carboxylic acids is 1. The molecular formula is C17H25N3O4. The maximum atomic E-state index is 12.2. The van der Waals surface area contributed by atoms with E-state index in [4.69, 9.17) is 5.11 Å². The van der Waals surface area contributed by atoms with Crippen LogP contribution in [0.15, 0.2) is 24.3 Å². The average molecular weight is 335 g/mol. The molecule has 0 aliphatic heterocycles. The fourth-order valence-corrected chi connectivity index (χ4v) is 2.18. The number of benzene rings is 1. The summed E-state index contributed by atoms with van der Waals surface area (Å²) < 4.78 is 0. The van der Waals surface area contributed by atoms with Crippen LogP contribution in [0.3, 0.4) is 0 Å². The summed E-state index contributed by atoms with van der Waals surface area (Å²) >= 11 is 0. The van der Waals surface area contributed by atoms with Gasteiger partial charge in [0, 0.05) is 37.9 Å². The monoisotopic (exact) mass is 335 g/mol. The van der Waals surface area contributed by atoms with Gasteiger partial charge in [0.15, 0.2) is 0 Å². The van der Waals surface area contributed by atoms with E-state index in [9.17, 15) is 14.4 Å². The molecule has 0 spiro atoms. The lowest BCUT2D eigenvalue weighted by molar-refractivity contribution is -0.141. The molecule has 1 unspecified atom stereocenters. The second-order valence-electron chi connectivity index (χ2n) is 5.60. The van der Waals surface area contributed by atoms with Crippen LogP contribution in [-0.2, 0) is 4.79 Å². The number of urea groups is 1. The van der Waals surface area contributed by atoms with Crippen LogP contribution in [0.25, 0.3) is 0 Å². The zero-order valence-corrected chi connectivity index (χ0v) is 14.6. The van der Waals surface area contributed by atoms with Gasteiger partial charge in [-0.1, -0.05) is 6.92 Å². The predicted molar refractivity (Wildman–Crippen MR) is 92.1 cm³/mol. The maximum Gasteiger partial charge on any atom is 0.321 e. The highest BCUT2D eigenvalue weighted by atomic mass is 16.4. The van der Waals surface area contributed by atoms with Crippen molar-refractivity contribution in [2.75, 3.05) is 32.0 Å². The first-order valence-electron chi connectivity index (χ1n) is 7.94. The number of carboxylic acids is 1. The zero-order chi connectivity index (χ0) is 18.3. The molecule has 0 aromatic heterocycles. The summed E-state index contributed by atoms with van der Waals surface area (Å²) in [6.07, 6.45) is 0. The van der Waals surface area contributed by atoms with Crippen molar-refractivity contribution in [3.05, 3.63) is 29.8 Å². The Morgan fingerprint density at radius 2 is 1.67 bits per heavy atom. The molecule has 0 bridgehead atoms. The molecule has 1 aromatic carbocycles. The molecule has 0 heterocycles. The summed E-state index contributed by atoms with van der Waals surface area (Å²) in [4.78, 5) is 38.1. The van der Waals surface area contributed by atoms with Gasteiger partial charge >= 0.3 is 12.0 Å². The molecule has 3 amide bonds. The van der Waals surface area contributed by atoms with Gasteiger partial charge in [-0.25, -0.2) is 4.79 Å². The van der Waals surface area contributed by atoms with Crippen molar-refractivity contribution in [1.82, 2.24) is 9.80 Å². The van der Waals surface area contributed by atoms with Gasteiger partial charge in [-0.15, -0.1) is 0 Å². The van der Waals surface area contributed by atoms with E-state index in [1.807, 2.05) is 13.8 Å². The highest BCUT2D eigenvalue weighted by Crippen LogP contribution is 2.12. The zero-order valence-electron chi connectivity index (χ0n) is 14.6. The average Bonchev–Trinajstić information content (AvgIpc) is 2.56. The lowest BCUT2D eigenvalue weighted by Gasteiger charge is -2.20. The lowest BCUT2D eigenvalue weighted by Crippen LogP contribution is -2.36. The molecule has 7 nitrogen and oxygen atoms in total. The predicted octanol–water partition coefficient (Wildman–Crippen LogP) is 2.35. The molecule has 7 heteroatoms. The molecule has 0 aliphatic carbocycles. The second-order valence-corrected chi connectivity index (χ2v) is 5.60. The number of anilines is 1. The number of carbonyl (C=O) groups is 3. The molecule has 24 heavy (non-hydrogen) atoms. The Morgan fingerprint density at radius 3 is 2.12 bits per heavy atom. The van der Waals surface area contributed by atoms with Crippen LogP contribution < -0.4 is 5.32 Å². The third-order valence-electron chi connectivity index (χ3n) is 3.75. The van der Waals surface area contributed by atoms with E-state index in [1.165, 1.54) is 11.9 Å². The van der Waals surface area contributed by atoms with Crippen LogP contribution in [0.5, 0.6) is 0 Å². The minimum absolute atomic E-state index is 0.0507. The number of nitrogens with zero attached hydrogens (tertiary/aromatic N) is 2. The van der Waals surface area contributed by atoms with E-state index < -0.39 is 17.9 Å². The minimum atomic E-state index is -0.950. The third-order valence-corrected chi connectivity index (χ3v) is 3.75. The SMILES string of the molecule is CCN(CC)C(=O)c1ccc(NC(=O)N(C)CC(C)C(=O)O)cc1. The summed E-state index contributed by atoms with van der Waals surface area (Å²) in [7, 11) is 1.53. The summed E-state index contributed by atoms with van der Waals surface area (Å²) in [5, 5.41) is 11.6. The first-order valence-corrected chi connectivity index (χ1v) is 7.94. The molecule has 132 valence electrons. The highest BCUT2D eigenvalue weighted by molar-refractivity contribution is 5.95. The van der Waals surface area contributed by atoms with E-state index in [2.05, 4.69) is 5.32 Å². The molecule has 0 aliphatic rings. The molecule has 0 saturated heterocycles. The Bertz CT molecular complexity index is 582. The van der Waals surface area contributed by atoms with E-state index in [0.717, 1.165) is 0 Å². The number of amides is 3. The Labute approximate surface area is 142 Å². The molecule has 0 radical (unpaired) electrons. The molecular weight excluding hydrogens is 310 g/mol. The number of hydrogen-bond acceptors (Lipinski definition) is 3. The molecule has 1 rings (SSSR count). The Morgan fingerprint density at radius 1 is 1.12 bits per heavy atom. The second kappa shape index (κ2) is 8.90. The van der Waals surface area contributed by atoms with Crippen molar-refractivity contribution in [2.45, 2.75) is 20.8 Å². The summed E-state index contributed by atoms with van der Waals surface area (Å²) in [6.45, 7) is 6.77. The minimum Gasteiger partial charge on any atom is -0.481 e. The number of hydrogen-bond donors (Lipinski definition) is 2. The Hall–Kier alpha value is -2.57. The van der Waals surface area contributed by atoms with Gasteiger partial charge in [0.25, 0.3) is 5.91 Å². The topological polar surface area (TPSA) is 90.0 Å². The van der Waals surface area contributed by atoms with Crippen molar-refractivity contribution in [1.29, 1.82) is 0 Å². The Balaban J connectivity index is 2.68. The number of carbonyl (C=O) groups excluding carboxylic acids is 2. The van der Waals surface area contributed by atoms with Gasteiger partial charge in [-0.2, -0.15) is 0 Å². The number of nitrogens with one attached hydrogen (secondary N) is 1. The normalized spacial score (nSPS) is 11.5. The van der Waals surface area contributed by atoms with Gasteiger partial charge in [0.1, 0.15) is 0 Å². The van der Waals surface area contributed by atoms with Crippen LogP contribution >= 0.6 is 0 Å². The molecule has 0 saturated carbocycles. The van der Waals surface area contributed by atoms with Crippen molar-refractivity contribution in [2.24, 2.45) is 5.92 Å². The van der Waals surface area contributed by atoms with Crippen molar-refractivity contribution < 1.29 is 19.5 Å². The smallest absolute Gasteiger partial charge is 0.321 e. The fraction of sp³-hybridized carbons (Fsp3) is 0.471. The first-order chi connectivity index (χ1) is 11.3. The number of rotatable bonds is 7. The van der Waals surface area contributed by atoms with Crippen LogP contribution in [-0.4, -0.2) is 59.5 Å². The van der Waals surface area contributed by atoms with Gasteiger partial charge in [0.05, 0.1) is 5.92 Å². The summed E-state index contributed by atoms with van der Waals surface area (Å²) in [6, 6.07) is 6.24. The maximum absolute atomic E-state index is 12.2. The van der Waals surface area contributed by atoms with Crippen LogP contribution in [0, 0.1) is 5.92 Å². The largest absolute Gasteiger partial charge is 0.481 e. The molecule has 1 atom stereocenters. The number of carboxylic acid groups (broad SMARTS) is 1. The third kappa shape index (κ3) is 5.26. The lowest BCUT2D eigenvalue weighted by atomic mass is 10.1. The van der Waals surface area contributed by atoms with Crippen molar-refractivity contribution in [3.8, 4) is 0 Å². The molecule has 2 N–H and O–H groups in total. The quantitative estimate of drug-likeness (QED) is 0.800. The van der Waals surface area contributed by atoms with Gasteiger partial charge in [-0.3, -0.25) is 9.59 Å². The van der Waals surface area contributed by atoms with E-state index >= 15 is 0 Å². The fourth-order valence-electron chi connectivity index (χ4n) is 2.18. The van der Waals surface area contributed by atoms with Crippen LogP contribution in [0.2, 0.25) is 0 Å². The van der Waals surface area contributed by atoms with Gasteiger partial charge in [0.2, 0.25) is 0 Å². The highest BCUT2D eigenvalue weighted by Gasteiger charge is 2.17. The van der Waals surface area contributed by atoms with Gasteiger partial charge < -0.3 is 20.2 Å². The first kappa shape index (κ1) is 19.5. The van der Waals surface area contributed by atoms with E-state index in [-0.39, 0.29) is 12.5 Å². The van der Waals surface area contributed by atoms with Crippen LogP contribution in [0.1, 0.15) is 31.1 Å².